The van der Waals surface area contributed by atoms with Gasteiger partial charge in [-0.25, -0.2) is 5.48 Å². The fourth-order valence-electron chi connectivity index (χ4n) is 3.50. The largest absolute Gasteiger partial charge is 0.289 e. The SMILES string of the molecule is O=C(NO)[C@H]1CCCC[C@@H]1SCCc1ccc(-c2ccccc2)cc1. The van der Waals surface area contributed by atoms with E-state index >= 15 is 0 Å². The number of aryl methyl sites for hydroxylation is 1. The van der Waals surface area contributed by atoms with Gasteiger partial charge in [-0.15, -0.1) is 0 Å². The summed E-state index contributed by atoms with van der Waals surface area (Å²) >= 11 is 1.87. The summed E-state index contributed by atoms with van der Waals surface area (Å²) in [5.41, 5.74) is 5.65. The lowest BCUT2D eigenvalue weighted by Gasteiger charge is -2.29. The van der Waals surface area contributed by atoms with Crippen molar-refractivity contribution in [3.63, 3.8) is 0 Å². The van der Waals surface area contributed by atoms with Crippen LogP contribution in [0.25, 0.3) is 11.1 Å². The lowest BCUT2D eigenvalue weighted by atomic mass is 9.88. The number of thioether (sulfide) groups is 1. The van der Waals surface area contributed by atoms with E-state index in [1.807, 2.05) is 23.3 Å². The summed E-state index contributed by atoms with van der Waals surface area (Å²) in [5, 5.41) is 9.24. The molecule has 1 fully saturated rings. The summed E-state index contributed by atoms with van der Waals surface area (Å²) in [6.45, 7) is 0. The summed E-state index contributed by atoms with van der Waals surface area (Å²) < 4.78 is 0. The van der Waals surface area contributed by atoms with E-state index < -0.39 is 0 Å². The summed E-state index contributed by atoms with van der Waals surface area (Å²) in [4.78, 5) is 11.8. The first-order valence-electron chi connectivity index (χ1n) is 8.98. The Hall–Kier alpha value is -1.78. The highest BCUT2D eigenvalue weighted by Gasteiger charge is 2.30. The smallest absolute Gasteiger partial charge is 0.247 e. The number of benzene rings is 2. The molecular formula is C21H25NO2S. The molecule has 0 bridgehead atoms. The van der Waals surface area contributed by atoms with Crippen LogP contribution in [0.4, 0.5) is 0 Å². The number of nitrogens with one attached hydrogen (secondary N) is 1. The molecule has 1 saturated carbocycles. The average molecular weight is 356 g/mol. The molecule has 2 N–H and O–H groups in total. The zero-order valence-electron chi connectivity index (χ0n) is 14.4. The number of hydrogen-bond donors (Lipinski definition) is 2. The zero-order valence-corrected chi connectivity index (χ0v) is 15.2. The van der Waals surface area contributed by atoms with Crippen LogP contribution in [0.15, 0.2) is 54.6 Å². The van der Waals surface area contributed by atoms with Crippen molar-refractivity contribution in [2.24, 2.45) is 5.92 Å². The van der Waals surface area contributed by atoms with Crippen LogP contribution in [-0.2, 0) is 11.2 Å². The van der Waals surface area contributed by atoms with Crippen molar-refractivity contribution in [3.8, 4) is 11.1 Å². The average Bonchev–Trinajstić information content (AvgIpc) is 2.69. The zero-order chi connectivity index (χ0) is 17.5. The monoisotopic (exact) mass is 355 g/mol. The standard InChI is InChI=1S/C21H25NO2S/c23-21(22-24)19-8-4-5-9-20(19)25-15-14-16-10-12-18(13-11-16)17-6-2-1-3-7-17/h1-3,6-7,10-13,19-20,24H,4-5,8-9,14-15H2,(H,22,23)/t19-,20-/m0/s1. The third kappa shape index (κ3) is 4.86. The molecule has 2 atom stereocenters. The molecule has 25 heavy (non-hydrogen) atoms. The fourth-order valence-corrected chi connectivity index (χ4v) is 4.98. The number of hydrogen-bond acceptors (Lipinski definition) is 3. The van der Waals surface area contributed by atoms with Gasteiger partial charge in [-0.1, -0.05) is 67.4 Å². The van der Waals surface area contributed by atoms with Gasteiger partial charge in [0.05, 0.1) is 5.92 Å². The van der Waals surface area contributed by atoms with Gasteiger partial charge in [0, 0.05) is 5.25 Å². The van der Waals surface area contributed by atoms with E-state index in [0.29, 0.717) is 5.25 Å². The third-order valence-corrected chi connectivity index (χ3v) is 6.37. The van der Waals surface area contributed by atoms with Crippen LogP contribution in [0.1, 0.15) is 31.2 Å². The van der Waals surface area contributed by atoms with Crippen molar-refractivity contribution in [1.29, 1.82) is 0 Å². The van der Waals surface area contributed by atoms with Crippen LogP contribution in [0.5, 0.6) is 0 Å². The van der Waals surface area contributed by atoms with E-state index in [2.05, 4.69) is 48.5 Å². The highest BCUT2D eigenvalue weighted by molar-refractivity contribution is 7.99. The number of rotatable bonds is 6. The maximum absolute atomic E-state index is 11.8. The van der Waals surface area contributed by atoms with Crippen LogP contribution in [0.2, 0.25) is 0 Å². The van der Waals surface area contributed by atoms with Crippen LogP contribution >= 0.6 is 11.8 Å². The molecule has 0 unspecified atom stereocenters. The van der Waals surface area contributed by atoms with Crippen LogP contribution in [-0.4, -0.2) is 22.1 Å². The van der Waals surface area contributed by atoms with E-state index in [0.717, 1.165) is 31.4 Å². The molecule has 1 amide bonds. The maximum atomic E-state index is 11.8. The van der Waals surface area contributed by atoms with Gasteiger partial charge in [-0.05, 0) is 41.7 Å². The molecule has 2 aromatic rings. The third-order valence-electron chi connectivity index (χ3n) is 4.93. The molecule has 4 heteroatoms. The first kappa shape index (κ1) is 18.0. The van der Waals surface area contributed by atoms with Crippen molar-refractivity contribution >= 4 is 17.7 Å². The summed E-state index contributed by atoms with van der Waals surface area (Å²) in [6, 6.07) is 19.1. The molecule has 0 spiro atoms. The molecule has 0 aromatic heterocycles. The van der Waals surface area contributed by atoms with Gasteiger partial charge in [0.2, 0.25) is 5.91 Å². The lowest BCUT2D eigenvalue weighted by Crippen LogP contribution is -2.36. The van der Waals surface area contributed by atoms with Crippen molar-refractivity contribution < 1.29 is 10.0 Å². The topological polar surface area (TPSA) is 49.3 Å². The van der Waals surface area contributed by atoms with Gasteiger partial charge in [0.1, 0.15) is 0 Å². The van der Waals surface area contributed by atoms with Gasteiger partial charge in [-0.3, -0.25) is 10.0 Å². The fraction of sp³-hybridized carbons (Fsp3) is 0.381. The minimum atomic E-state index is -0.218. The quantitative estimate of drug-likeness (QED) is 0.583. The Labute approximate surface area is 153 Å². The molecule has 0 heterocycles. The summed E-state index contributed by atoms with van der Waals surface area (Å²) in [6.07, 6.45) is 5.21. The molecule has 3 rings (SSSR count). The summed E-state index contributed by atoms with van der Waals surface area (Å²) in [5.74, 6) is 0.735. The second kappa shape index (κ2) is 9.07. The second-order valence-electron chi connectivity index (χ2n) is 6.59. The van der Waals surface area contributed by atoms with Crippen LogP contribution in [0.3, 0.4) is 0 Å². The molecule has 132 valence electrons. The highest BCUT2D eigenvalue weighted by atomic mass is 32.2. The Kier molecular flexibility index (Phi) is 6.54. The predicted octanol–water partition coefficient (Wildman–Crippen LogP) is 4.69. The van der Waals surface area contributed by atoms with E-state index in [4.69, 9.17) is 5.21 Å². The number of hydroxylamine groups is 1. The van der Waals surface area contributed by atoms with E-state index in [-0.39, 0.29) is 11.8 Å². The first-order valence-corrected chi connectivity index (χ1v) is 10.0. The van der Waals surface area contributed by atoms with Crippen molar-refractivity contribution in [3.05, 3.63) is 60.2 Å². The normalized spacial score (nSPS) is 20.2. The Morgan fingerprint density at radius 3 is 2.40 bits per heavy atom. The lowest BCUT2D eigenvalue weighted by molar-refractivity contribution is -0.134. The van der Waals surface area contributed by atoms with Crippen LogP contribution in [0, 0.1) is 5.92 Å². The molecular weight excluding hydrogens is 330 g/mol. The predicted molar refractivity (Wildman–Crippen MR) is 104 cm³/mol. The van der Waals surface area contributed by atoms with Crippen molar-refractivity contribution in [2.45, 2.75) is 37.4 Å². The van der Waals surface area contributed by atoms with E-state index in [1.54, 1.807) is 0 Å². The van der Waals surface area contributed by atoms with E-state index in [1.165, 1.54) is 23.1 Å². The molecule has 0 saturated heterocycles. The molecule has 0 aliphatic heterocycles. The van der Waals surface area contributed by atoms with Crippen molar-refractivity contribution in [1.82, 2.24) is 5.48 Å². The first-order chi connectivity index (χ1) is 12.3. The van der Waals surface area contributed by atoms with Gasteiger partial charge >= 0.3 is 0 Å². The Morgan fingerprint density at radius 2 is 1.68 bits per heavy atom. The van der Waals surface area contributed by atoms with Crippen LogP contribution < -0.4 is 5.48 Å². The maximum Gasteiger partial charge on any atom is 0.247 e. The molecule has 1 aliphatic rings. The van der Waals surface area contributed by atoms with Gasteiger partial charge < -0.3 is 0 Å². The van der Waals surface area contributed by atoms with Gasteiger partial charge in [0.15, 0.2) is 0 Å². The highest BCUT2D eigenvalue weighted by Crippen LogP contribution is 2.34. The number of carbonyl (C=O) groups excluding carboxylic acids is 1. The van der Waals surface area contributed by atoms with Gasteiger partial charge in [-0.2, -0.15) is 11.8 Å². The Morgan fingerprint density at radius 1 is 1.00 bits per heavy atom. The van der Waals surface area contributed by atoms with Crippen molar-refractivity contribution in [2.75, 3.05) is 5.75 Å². The minimum absolute atomic E-state index is 0.0517. The number of carbonyl (C=O) groups is 1. The Balaban J connectivity index is 1.52. The number of amides is 1. The molecule has 3 nitrogen and oxygen atoms in total. The molecule has 0 radical (unpaired) electrons. The minimum Gasteiger partial charge on any atom is -0.289 e. The summed E-state index contributed by atoms with van der Waals surface area (Å²) in [7, 11) is 0. The molecule has 2 aromatic carbocycles. The second-order valence-corrected chi connectivity index (χ2v) is 7.94. The Bertz CT molecular complexity index is 672. The van der Waals surface area contributed by atoms with Gasteiger partial charge in [0.25, 0.3) is 0 Å². The van der Waals surface area contributed by atoms with E-state index in [9.17, 15) is 4.79 Å². The molecule has 1 aliphatic carbocycles.